The molecule has 0 aromatic carbocycles. The molecule has 1 heterocycles. The smallest absolute Gasteiger partial charge is 0.492 e. The number of aromatic nitrogens is 1. The maximum atomic E-state index is 11.1. The number of hydrogen-bond donors (Lipinski definition) is 2. The van der Waals surface area contributed by atoms with Gasteiger partial charge in [-0.05, 0) is 6.42 Å². The monoisotopic (exact) mass is 229 g/mol. The molecule has 0 bridgehead atoms. The normalized spacial score (nSPS) is 10.1. The van der Waals surface area contributed by atoms with Crippen molar-refractivity contribution in [2.75, 3.05) is 6.61 Å². The minimum Gasteiger partial charge on any atom is -0.492 e. The van der Waals surface area contributed by atoms with Gasteiger partial charge in [-0.25, -0.2) is 4.79 Å². The van der Waals surface area contributed by atoms with Crippen LogP contribution in [0.3, 0.4) is 0 Å². The highest BCUT2D eigenvalue weighted by Crippen LogP contribution is 2.18. The molecule has 0 amide bonds. The molecule has 0 saturated carbocycles. The van der Waals surface area contributed by atoms with Crippen molar-refractivity contribution in [1.82, 2.24) is 4.73 Å². The van der Waals surface area contributed by atoms with Gasteiger partial charge in [-0.3, -0.25) is 4.84 Å². The highest BCUT2D eigenvalue weighted by molar-refractivity contribution is 5.60. The number of ether oxygens (including phenoxy) is 1. The molecule has 0 aliphatic carbocycles. The molecular formula is C10H15NO5. The highest BCUT2D eigenvalue weighted by atomic mass is 16.8. The van der Waals surface area contributed by atoms with Crippen LogP contribution in [0.4, 0.5) is 4.79 Å². The van der Waals surface area contributed by atoms with Gasteiger partial charge in [0.15, 0.2) is 0 Å². The Labute approximate surface area is 93.0 Å². The topological polar surface area (TPSA) is 80.9 Å². The van der Waals surface area contributed by atoms with E-state index in [1.165, 1.54) is 12.1 Å². The number of nitrogens with zero attached hydrogens (tertiary/aromatic N) is 1. The molecule has 90 valence electrons. The summed E-state index contributed by atoms with van der Waals surface area (Å²) in [6, 6.07) is 2.39. The SMILES string of the molecule is CCCCCOC(=O)On1c(O)ccc1O. The molecule has 0 unspecified atom stereocenters. The first-order valence-electron chi connectivity index (χ1n) is 5.10. The van der Waals surface area contributed by atoms with Crippen LogP contribution in [0.5, 0.6) is 11.8 Å². The van der Waals surface area contributed by atoms with Crippen LogP contribution in [0, 0.1) is 0 Å². The van der Waals surface area contributed by atoms with E-state index >= 15 is 0 Å². The molecule has 6 nitrogen and oxygen atoms in total. The van der Waals surface area contributed by atoms with Gasteiger partial charge in [0.05, 0.1) is 6.61 Å². The van der Waals surface area contributed by atoms with Crippen LogP contribution in [0.25, 0.3) is 0 Å². The fourth-order valence-electron chi connectivity index (χ4n) is 1.10. The van der Waals surface area contributed by atoms with Gasteiger partial charge in [0.25, 0.3) is 0 Å². The lowest BCUT2D eigenvalue weighted by molar-refractivity contribution is 0.0347. The van der Waals surface area contributed by atoms with Gasteiger partial charge in [-0.15, -0.1) is 4.73 Å². The fourth-order valence-corrected chi connectivity index (χ4v) is 1.10. The molecule has 0 aliphatic heterocycles. The first-order chi connectivity index (χ1) is 7.65. The maximum absolute atomic E-state index is 11.1. The van der Waals surface area contributed by atoms with Crippen molar-refractivity contribution in [2.24, 2.45) is 0 Å². The van der Waals surface area contributed by atoms with E-state index in [4.69, 9.17) is 14.9 Å². The molecule has 1 aromatic rings. The van der Waals surface area contributed by atoms with Gasteiger partial charge >= 0.3 is 6.16 Å². The van der Waals surface area contributed by atoms with Crippen molar-refractivity contribution < 1.29 is 24.6 Å². The second-order valence-electron chi connectivity index (χ2n) is 3.24. The summed E-state index contributed by atoms with van der Waals surface area (Å²) in [5.74, 6) is -0.744. The molecule has 1 aromatic heterocycles. The van der Waals surface area contributed by atoms with E-state index in [0.717, 1.165) is 19.3 Å². The Morgan fingerprint density at radius 3 is 2.50 bits per heavy atom. The van der Waals surface area contributed by atoms with Gasteiger partial charge in [-0.2, -0.15) is 0 Å². The van der Waals surface area contributed by atoms with E-state index in [1.807, 2.05) is 6.92 Å². The summed E-state index contributed by atoms with van der Waals surface area (Å²) in [5, 5.41) is 18.3. The Kier molecular flexibility index (Phi) is 4.50. The van der Waals surface area contributed by atoms with Crippen molar-refractivity contribution in [3.63, 3.8) is 0 Å². The third-order valence-electron chi connectivity index (χ3n) is 1.93. The Hall–Kier alpha value is -1.85. The second kappa shape index (κ2) is 5.89. The summed E-state index contributed by atoms with van der Waals surface area (Å²) < 4.78 is 5.31. The number of carbonyl (C=O) groups is 1. The van der Waals surface area contributed by atoms with Gasteiger partial charge in [0, 0.05) is 12.1 Å². The third kappa shape index (κ3) is 3.38. The zero-order chi connectivity index (χ0) is 12.0. The summed E-state index contributed by atoms with van der Waals surface area (Å²) >= 11 is 0. The van der Waals surface area contributed by atoms with E-state index in [2.05, 4.69) is 4.84 Å². The van der Waals surface area contributed by atoms with E-state index < -0.39 is 6.16 Å². The number of carbonyl (C=O) groups excluding carboxylic acids is 1. The minimum absolute atomic E-state index is 0.259. The van der Waals surface area contributed by atoms with Crippen LogP contribution >= 0.6 is 0 Å². The number of hydrogen-bond acceptors (Lipinski definition) is 5. The van der Waals surface area contributed by atoms with Gasteiger partial charge < -0.3 is 14.9 Å². The van der Waals surface area contributed by atoms with Gasteiger partial charge in [0.2, 0.25) is 11.8 Å². The lowest BCUT2D eigenvalue weighted by atomic mass is 10.3. The van der Waals surface area contributed by atoms with Crippen LogP contribution < -0.4 is 4.84 Å². The van der Waals surface area contributed by atoms with Crippen molar-refractivity contribution in [2.45, 2.75) is 26.2 Å². The predicted molar refractivity (Wildman–Crippen MR) is 55.2 cm³/mol. The Bertz CT molecular complexity index is 327. The molecule has 0 atom stereocenters. The predicted octanol–water partition coefficient (Wildman–Crippen LogP) is 1.65. The van der Waals surface area contributed by atoms with Gasteiger partial charge in [-0.1, -0.05) is 19.8 Å². The van der Waals surface area contributed by atoms with Gasteiger partial charge in [0.1, 0.15) is 0 Å². The molecule has 0 saturated heterocycles. The second-order valence-corrected chi connectivity index (χ2v) is 3.24. The third-order valence-corrected chi connectivity index (χ3v) is 1.93. The van der Waals surface area contributed by atoms with Crippen molar-refractivity contribution in [3.8, 4) is 11.8 Å². The standard InChI is InChI=1S/C10H15NO5/c1-2-3-4-7-15-10(14)16-11-8(12)5-6-9(11)13/h5-6,12-13H,2-4,7H2,1H3. The summed E-state index contributed by atoms with van der Waals surface area (Å²) in [7, 11) is 0. The Balaban J connectivity index is 2.34. The molecule has 0 aliphatic rings. The molecule has 1 rings (SSSR count). The molecule has 0 radical (unpaired) electrons. The highest BCUT2D eigenvalue weighted by Gasteiger charge is 2.12. The zero-order valence-electron chi connectivity index (χ0n) is 9.05. The lowest BCUT2D eigenvalue weighted by Gasteiger charge is -2.07. The zero-order valence-corrected chi connectivity index (χ0v) is 9.05. The molecule has 6 heteroatoms. The molecule has 16 heavy (non-hydrogen) atoms. The molecule has 0 spiro atoms. The number of rotatable bonds is 5. The first kappa shape index (κ1) is 12.2. The van der Waals surface area contributed by atoms with Crippen LogP contribution in [0.2, 0.25) is 0 Å². The summed E-state index contributed by atoms with van der Waals surface area (Å²) in [6.07, 6.45) is 1.79. The van der Waals surface area contributed by atoms with Crippen LogP contribution in [0.1, 0.15) is 26.2 Å². The van der Waals surface area contributed by atoms with E-state index in [0.29, 0.717) is 4.73 Å². The van der Waals surface area contributed by atoms with Crippen LogP contribution in [-0.2, 0) is 4.74 Å². The largest absolute Gasteiger partial charge is 0.533 e. The van der Waals surface area contributed by atoms with E-state index in [9.17, 15) is 4.79 Å². The van der Waals surface area contributed by atoms with Crippen molar-refractivity contribution in [3.05, 3.63) is 12.1 Å². The summed E-state index contributed by atoms with van der Waals surface area (Å²) in [4.78, 5) is 15.6. The van der Waals surface area contributed by atoms with Crippen LogP contribution in [-0.4, -0.2) is 27.7 Å². The number of aromatic hydroxyl groups is 2. The van der Waals surface area contributed by atoms with E-state index in [1.54, 1.807) is 0 Å². The number of unbranched alkanes of at least 4 members (excludes halogenated alkanes) is 2. The molecule has 0 fully saturated rings. The lowest BCUT2D eigenvalue weighted by Crippen LogP contribution is -2.20. The maximum Gasteiger partial charge on any atom is 0.533 e. The average molecular weight is 229 g/mol. The quantitative estimate of drug-likeness (QED) is 0.592. The van der Waals surface area contributed by atoms with Crippen molar-refractivity contribution >= 4 is 6.16 Å². The Morgan fingerprint density at radius 2 is 1.94 bits per heavy atom. The fraction of sp³-hybridized carbons (Fsp3) is 0.500. The van der Waals surface area contributed by atoms with Crippen molar-refractivity contribution in [1.29, 1.82) is 0 Å². The molecule has 2 N–H and O–H groups in total. The molecular weight excluding hydrogens is 214 g/mol. The summed E-state index contributed by atoms with van der Waals surface area (Å²) in [6.45, 7) is 2.30. The van der Waals surface area contributed by atoms with Crippen LogP contribution in [0.15, 0.2) is 12.1 Å². The minimum atomic E-state index is -0.960. The summed E-state index contributed by atoms with van der Waals surface area (Å²) in [5.41, 5.74) is 0. The first-order valence-corrected chi connectivity index (χ1v) is 5.10. The van der Waals surface area contributed by atoms with E-state index in [-0.39, 0.29) is 18.4 Å². The average Bonchev–Trinajstić information content (AvgIpc) is 2.56. The Morgan fingerprint density at radius 1 is 1.31 bits per heavy atom.